The van der Waals surface area contributed by atoms with Crippen LogP contribution in [0.3, 0.4) is 0 Å². The van der Waals surface area contributed by atoms with Gasteiger partial charge in [-0.1, -0.05) is 31.9 Å². The summed E-state index contributed by atoms with van der Waals surface area (Å²) in [5, 5.41) is 3.66. The second-order valence-corrected chi connectivity index (χ2v) is 6.41. The first-order valence-corrected chi connectivity index (χ1v) is 7.90. The summed E-state index contributed by atoms with van der Waals surface area (Å²) in [4.78, 5) is 8.09. The minimum absolute atomic E-state index is 0.291. The number of aromatic amines is 1. The van der Waals surface area contributed by atoms with Crippen LogP contribution >= 0.6 is 0 Å². The lowest BCUT2D eigenvalue weighted by molar-refractivity contribution is 0.268. The van der Waals surface area contributed by atoms with E-state index in [1.807, 2.05) is 12.1 Å². The van der Waals surface area contributed by atoms with Crippen LogP contribution in [0.4, 0.5) is 0 Å². The molecule has 1 heterocycles. The zero-order valence-electron chi connectivity index (χ0n) is 12.5. The van der Waals surface area contributed by atoms with E-state index in [9.17, 15) is 0 Å². The topological polar surface area (TPSA) is 40.7 Å². The number of fused-ring (bicyclic) bond motifs is 1. The Balaban J connectivity index is 1.59. The molecule has 3 rings (SSSR count). The van der Waals surface area contributed by atoms with Crippen LogP contribution in [0, 0.1) is 11.8 Å². The second kappa shape index (κ2) is 5.96. The minimum Gasteiger partial charge on any atom is -0.341 e. The lowest BCUT2D eigenvalue weighted by Crippen LogP contribution is -2.29. The first kappa shape index (κ1) is 13.6. The summed E-state index contributed by atoms with van der Waals surface area (Å²) in [5.74, 6) is 2.79. The molecule has 1 aromatic heterocycles. The molecule has 0 bridgehead atoms. The number of benzene rings is 1. The molecule has 2 aromatic rings. The van der Waals surface area contributed by atoms with Crippen molar-refractivity contribution in [2.45, 2.75) is 45.6 Å². The van der Waals surface area contributed by atoms with Gasteiger partial charge in [-0.15, -0.1) is 0 Å². The van der Waals surface area contributed by atoms with E-state index in [0.29, 0.717) is 6.04 Å². The van der Waals surface area contributed by atoms with Gasteiger partial charge < -0.3 is 10.3 Å². The summed E-state index contributed by atoms with van der Waals surface area (Å²) < 4.78 is 0. The summed E-state index contributed by atoms with van der Waals surface area (Å²) >= 11 is 0. The van der Waals surface area contributed by atoms with Crippen LogP contribution in [-0.4, -0.2) is 16.5 Å². The Kier molecular flexibility index (Phi) is 4.06. The third-order valence-electron chi connectivity index (χ3n) is 4.58. The third-order valence-corrected chi connectivity index (χ3v) is 4.58. The van der Waals surface area contributed by atoms with Crippen LogP contribution in [0.5, 0.6) is 0 Å². The van der Waals surface area contributed by atoms with E-state index in [1.165, 1.54) is 25.7 Å². The van der Waals surface area contributed by atoms with Gasteiger partial charge in [0.1, 0.15) is 5.82 Å². The molecule has 3 nitrogen and oxygen atoms in total. The number of nitrogens with one attached hydrogen (secondary N) is 2. The molecule has 20 heavy (non-hydrogen) atoms. The first-order chi connectivity index (χ1) is 9.72. The average molecular weight is 271 g/mol. The number of imidazole rings is 1. The molecule has 3 heteroatoms. The van der Waals surface area contributed by atoms with Crippen LogP contribution in [0.2, 0.25) is 0 Å². The molecule has 1 saturated carbocycles. The van der Waals surface area contributed by atoms with Gasteiger partial charge in [0, 0.05) is 0 Å². The zero-order valence-corrected chi connectivity index (χ0v) is 12.5. The standard InChI is InChI=1S/C17H25N3/c1-12-6-5-7-14(10-12)11-18-13(2)17-19-15-8-3-4-9-16(15)20-17/h3-4,8-9,12-14,18H,5-7,10-11H2,1-2H3,(H,19,20). The molecular formula is C17H25N3. The molecule has 1 aliphatic rings. The fourth-order valence-corrected chi connectivity index (χ4v) is 3.36. The Morgan fingerprint density at radius 3 is 3.00 bits per heavy atom. The number of hydrogen-bond donors (Lipinski definition) is 2. The SMILES string of the molecule is CC1CCCC(CNC(C)c2nc3ccccc3[nH]2)C1. The summed E-state index contributed by atoms with van der Waals surface area (Å²) in [5.41, 5.74) is 2.19. The van der Waals surface area contributed by atoms with Gasteiger partial charge in [-0.25, -0.2) is 4.98 Å². The van der Waals surface area contributed by atoms with Crippen molar-refractivity contribution in [2.24, 2.45) is 11.8 Å². The molecule has 0 aliphatic heterocycles. The maximum atomic E-state index is 4.67. The summed E-state index contributed by atoms with van der Waals surface area (Å²) in [6.45, 7) is 5.70. The van der Waals surface area contributed by atoms with Gasteiger partial charge >= 0.3 is 0 Å². The number of nitrogens with zero attached hydrogens (tertiary/aromatic N) is 1. The van der Waals surface area contributed by atoms with E-state index >= 15 is 0 Å². The van der Waals surface area contributed by atoms with Crippen LogP contribution in [-0.2, 0) is 0 Å². The largest absolute Gasteiger partial charge is 0.341 e. The molecular weight excluding hydrogens is 246 g/mol. The molecule has 0 amide bonds. The normalized spacial score (nSPS) is 24.9. The Bertz CT molecular complexity index is 527. The molecule has 2 N–H and O–H groups in total. The Labute approximate surface area is 121 Å². The van der Waals surface area contributed by atoms with Crippen molar-refractivity contribution >= 4 is 11.0 Å². The van der Waals surface area contributed by atoms with Gasteiger partial charge in [0.15, 0.2) is 0 Å². The molecule has 3 atom stereocenters. The third kappa shape index (κ3) is 3.04. The maximum absolute atomic E-state index is 4.67. The summed E-state index contributed by atoms with van der Waals surface area (Å²) in [6.07, 6.45) is 5.56. The van der Waals surface area contributed by atoms with E-state index in [0.717, 1.165) is 35.2 Å². The number of hydrogen-bond acceptors (Lipinski definition) is 2. The maximum Gasteiger partial charge on any atom is 0.124 e. The van der Waals surface area contributed by atoms with Crippen LogP contribution < -0.4 is 5.32 Å². The van der Waals surface area contributed by atoms with Gasteiger partial charge in [0.05, 0.1) is 17.1 Å². The number of para-hydroxylation sites is 2. The van der Waals surface area contributed by atoms with E-state index < -0.39 is 0 Å². The van der Waals surface area contributed by atoms with Crippen molar-refractivity contribution < 1.29 is 0 Å². The molecule has 0 radical (unpaired) electrons. The highest BCUT2D eigenvalue weighted by Crippen LogP contribution is 2.28. The van der Waals surface area contributed by atoms with Gasteiger partial charge in [-0.05, 0) is 50.3 Å². The Morgan fingerprint density at radius 1 is 1.35 bits per heavy atom. The molecule has 1 fully saturated rings. The van der Waals surface area contributed by atoms with Crippen LogP contribution in [0.25, 0.3) is 11.0 Å². The van der Waals surface area contributed by atoms with Crippen molar-refractivity contribution in [3.8, 4) is 0 Å². The molecule has 1 aliphatic carbocycles. The van der Waals surface area contributed by atoms with E-state index in [2.05, 4.69) is 41.3 Å². The smallest absolute Gasteiger partial charge is 0.124 e. The molecule has 1 aromatic carbocycles. The number of H-pyrrole nitrogens is 1. The Morgan fingerprint density at radius 2 is 2.20 bits per heavy atom. The van der Waals surface area contributed by atoms with Crippen molar-refractivity contribution in [3.05, 3.63) is 30.1 Å². The van der Waals surface area contributed by atoms with Gasteiger partial charge in [-0.3, -0.25) is 0 Å². The van der Waals surface area contributed by atoms with E-state index in [1.54, 1.807) is 0 Å². The second-order valence-electron chi connectivity index (χ2n) is 6.41. The first-order valence-electron chi connectivity index (χ1n) is 7.90. The highest BCUT2D eigenvalue weighted by Gasteiger charge is 2.20. The molecule has 108 valence electrons. The number of aromatic nitrogens is 2. The van der Waals surface area contributed by atoms with Crippen molar-refractivity contribution in [1.29, 1.82) is 0 Å². The summed E-state index contributed by atoms with van der Waals surface area (Å²) in [7, 11) is 0. The predicted octanol–water partition coefficient (Wildman–Crippen LogP) is 4.04. The lowest BCUT2D eigenvalue weighted by Gasteiger charge is -2.27. The van der Waals surface area contributed by atoms with Crippen LogP contribution in [0.15, 0.2) is 24.3 Å². The van der Waals surface area contributed by atoms with Gasteiger partial charge in [-0.2, -0.15) is 0 Å². The van der Waals surface area contributed by atoms with Gasteiger partial charge in [0.25, 0.3) is 0 Å². The number of rotatable bonds is 4. The average Bonchev–Trinajstić information content (AvgIpc) is 2.89. The minimum atomic E-state index is 0.291. The molecule has 0 spiro atoms. The van der Waals surface area contributed by atoms with Crippen molar-refractivity contribution in [1.82, 2.24) is 15.3 Å². The highest BCUT2D eigenvalue weighted by molar-refractivity contribution is 5.74. The van der Waals surface area contributed by atoms with E-state index in [4.69, 9.17) is 0 Å². The summed E-state index contributed by atoms with van der Waals surface area (Å²) in [6, 6.07) is 8.52. The van der Waals surface area contributed by atoms with Crippen molar-refractivity contribution in [3.63, 3.8) is 0 Å². The van der Waals surface area contributed by atoms with E-state index in [-0.39, 0.29) is 0 Å². The molecule has 0 saturated heterocycles. The monoisotopic (exact) mass is 271 g/mol. The molecule has 3 unspecified atom stereocenters. The van der Waals surface area contributed by atoms with Gasteiger partial charge in [0.2, 0.25) is 0 Å². The quantitative estimate of drug-likeness (QED) is 0.881. The zero-order chi connectivity index (χ0) is 13.9. The highest BCUT2D eigenvalue weighted by atomic mass is 15.0. The van der Waals surface area contributed by atoms with Crippen molar-refractivity contribution in [2.75, 3.05) is 6.54 Å². The fourth-order valence-electron chi connectivity index (χ4n) is 3.36. The predicted molar refractivity (Wildman–Crippen MR) is 83.6 cm³/mol. The Hall–Kier alpha value is -1.35. The lowest BCUT2D eigenvalue weighted by atomic mass is 9.82. The van der Waals surface area contributed by atoms with Crippen LogP contribution in [0.1, 0.15) is 51.4 Å². The fraction of sp³-hybridized carbons (Fsp3) is 0.588.